The predicted molar refractivity (Wildman–Crippen MR) is 85.5 cm³/mol. The Morgan fingerprint density at radius 2 is 2.09 bits per heavy atom. The minimum absolute atomic E-state index is 0.289. The number of carbonyl (C=O) groups is 1. The highest BCUT2D eigenvalue weighted by Crippen LogP contribution is 2.25. The van der Waals surface area contributed by atoms with E-state index in [-0.39, 0.29) is 5.88 Å². The van der Waals surface area contributed by atoms with E-state index in [1.54, 1.807) is 12.1 Å². The summed E-state index contributed by atoms with van der Waals surface area (Å²) in [6.45, 7) is 0. The number of nitrogens with zero attached hydrogens (tertiary/aromatic N) is 2. The topological polar surface area (TPSA) is 63.7 Å². The summed E-state index contributed by atoms with van der Waals surface area (Å²) in [5.74, 6) is 0.576. The highest BCUT2D eigenvalue weighted by atomic mass is 16.5. The molecule has 2 rings (SSSR count). The molecular weight excluding hydrogens is 282 g/mol. The van der Waals surface area contributed by atoms with Gasteiger partial charge in [-0.2, -0.15) is 4.98 Å². The van der Waals surface area contributed by atoms with E-state index in [1.165, 1.54) is 27.1 Å². The van der Waals surface area contributed by atoms with Crippen molar-refractivity contribution < 1.29 is 14.3 Å². The lowest BCUT2D eigenvalue weighted by atomic mass is 9.90. The third kappa shape index (κ3) is 3.88. The SMILES string of the molecule is COC(=O)c1ccc(NC2CCCC(N(C)C)C2)nc1OC. The van der Waals surface area contributed by atoms with Gasteiger partial charge >= 0.3 is 5.97 Å². The van der Waals surface area contributed by atoms with Crippen LogP contribution in [0.2, 0.25) is 0 Å². The molecule has 122 valence electrons. The molecule has 1 aromatic rings. The molecule has 22 heavy (non-hydrogen) atoms. The number of nitrogens with one attached hydrogen (secondary N) is 1. The molecule has 1 saturated carbocycles. The van der Waals surface area contributed by atoms with Crippen LogP contribution in [0.25, 0.3) is 0 Å². The Balaban J connectivity index is 2.08. The Morgan fingerprint density at radius 1 is 1.32 bits per heavy atom. The summed E-state index contributed by atoms with van der Waals surface area (Å²) in [6.07, 6.45) is 4.67. The van der Waals surface area contributed by atoms with Gasteiger partial charge in [0, 0.05) is 12.1 Å². The van der Waals surface area contributed by atoms with Crippen LogP contribution in [0.15, 0.2) is 12.1 Å². The molecule has 1 N–H and O–H groups in total. The molecule has 1 aliphatic rings. The highest BCUT2D eigenvalue weighted by Gasteiger charge is 2.24. The van der Waals surface area contributed by atoms with E-state index in [9.17, 15) is 4.79 Å². The molecule has 0 aromatic carbocycles. The lowest BCUT2D eigenvalue weighted by Gasteiger charge is -2.34. The Bertz CT molecular complexity index is 519. The zero-order valence-corrected chi connectivity index (χ0v) is 13.8. The monoisotopic (exact) mass is 307 g/mol. The summed E-state index contributed by atoms with van der Waals surface area (Å²) in [7, 11) is 7.09. The zero-order chi connectivity index (χ0) is 16.1. The molecule has 1 aliphatic carbocycles. The second kappa shape index (κ2) is 7.45. The number of anilines is 1. The van der Waals surface area contributed by atoms with Crippen LogP contribution in [-0.2, 0) is 4.74 Å². The first-order chi connectivity index (χ1) is 10.5. The molecule has 1 heterocycles. The van der Waals surface area contributed by atoms with E-state index in [2.05, 4.69) is 29.3 Å². The predicted octanol–water partition coefficient (Wildman–Crippen LogP) is 2.16. The van der Waals surface area contributed by atoms with Gasteiger partial charge in [0.25, 0.3) is 0 Å². The average Bonchev–Trinajstić information content (AvgIpc) is 2.54. The van der Waals surface area contributed by atoms with Crippen LogP contribution < -0.4 is 10.1 Å². The molecule has 1 fully saturated rings. The Morgan fingerprint density at radius 3 is 2.73 bits per heavy atom. The average molecular weight is 307 g/mol. The summed E-state index contributed by atoms with van der Waals surface area (Å²) in [4.78, 5) is 18.3. The highest BCUT2D eigenvalue weighted by molar-refractivity contribution is 5.92. The number of hydrogen-bond donors (Lipinski definition) is 1. The van der Waals surface area contributed by atoms with Crippen molar-refractivity contribution in [1.29, 1.82) is 0 Å². The normalized spacial score (nSPS) is 21.5. The third-order valence-corrected chi connectivity index (χ3v) is 4.19. The van der Waals surface area contributed by atoms with Crippen molar-refractivity contribution in [2.75, 3.05) is 33.6 Å². The maximum atomic E-state index is 11.6. The van der Waals surface area contributed by atoms with Gasteiger partial charge in [-0.05, 0) is 51.9 Å². The van der Waals surface area contributed by atoms with Crippen LogP contribution in [0.3, 0.4) is 0 Å². The van der Waals surface area contributed by atoms with E-state index < -0.39 is 5.97 Å². The van der Waals surface area contributed by atoms with Crippen molar-refractivity contribution in [1.82, 2.24) is 9.88 Å². The molecule has 0 radical (unpaired) electrons. The maximum absolute atomic E-state index is 11.6. The van der Waals surface area contributed by atoms with Crippen molar-refractivity contribution in [2.45, 2.75) is 37.8 Å². The number of ether oxygens (including phenoxy) is 2. The summed E-state index contributed by atoms with van der Waals surface area (Å²) in [5, 5.41) is 3.45. The molecule has 2 unspecified atom stereocenters. The fourth-order valence-electron chi connectivity index (χ4n) is 2.91. The number of carbonyl (C=O) groups excluding carboxylic acids is 1. The summed E-state index contributed by atoms with van der Waals surface area (Å²) in [6, 6.07) is 4.48. The number of hydrogen-bond acceptors (Lipinski definition) is 6. The largest absolute Gasteiger partial charge is 0.480 e. The van der Waals surface area contributed by atoms with Crippen LogP contribution in [0.5, 0.6) is 5.88 Å². The van der Waals surface area contributed by atoms with Gasteiger partial charge in [-0.3, -0.25) is 0 Å². The van der Waals surface area contributed by atoms with Gasteiger partial charge in [-0.25, -0.2) is 4.79 Å². The van der Waals surface area contributed by atoms with Crippen LogP contribution in [0, 0.1) is 0 Å². The third-order valence-electron chi connectivity index (χ3n) is 4.19. The van der Waals surface area contributed by atoms with Crippen molar-refractivity contribution in [3.8, 4) is 5.88 Å². The standard InChI is InChI=1S/C16H25N3O3/c1-19(2)12-7-5-6-11(10-12)17-14-9-8-13(16(20)22-4)15(18-14)21-3/h8-9,11-12H,5-7,10H2,1-4H3,(H,17,18). The van der Waals surface area contributed by atoms with Crippen LogP contribution in [0.4, 0.5) is 5.82 Å². The Hall–Kier alpha value is -1.82. The maximum Gasteiger partial charge on any atom is 0.343 e. The number of aromatic nitrogens is 1. The zero-order valence-electron chi connectivity index (χ0n) is 13.8. The van der Waals surface area contributed by atoms with Gasteiger partial charge in [0.1, 0.15) is 11.4 Å². The van der Waals surface area contributed by atoms with Crippen molar-refractivity contribution >= 4 is 11.8 Å². The van der Waals surface area contributed by atoms with Crippen molar-refractivity contribution in [3.63, 3.8) is 0 Å². The van der Waals surface area contributed by atoms with E-state index in [0.29, 0.717) is 17.6 Å². The lowest BCUT2D eigenvalue weighted by Crippen LogP contribution is -2.38. The van der Waals surface area contributed by atoms with E-state index in [1.807, 2.05) is 0 Å². The van der Waals surface area contributed by atoms with Gasteiger partial charge < -0.3 is 19.7 Å². The fraction of sp³-hybridized carbons (Fsp3) is 0.625. The van der Waals surface area contributed by atoms with Crippen molar-refractivity contribution in [3.05, 3.63) is 17.7 Å². The first-order valence-electron chi connectivity index (χ1n) is 7.61. The number of pyridine rings is 1. The van der Waals surface area contributed by atoms with Gasteiger partial charge in [0.15, 0.2) is 0 Å². The summed E-state index contributed by atoms with van der Waals surface area (Å²) < 4.78 is 9.92. The number of rotatable bonds is 5. The quantitative estimate of drug-likeness (QED) is 0.841. The molecule has 0 bridgehead atoms. The van der Waals surface area contributed by atoms with Gasteiger partial charge in [-0.15, -0.1) is 0 Å². The first-order valence-corrected chi connectivity index (χ1v) is 7.61. The van der Waals surface area contributed by atoms with Gasteiger partial charge in [0.2, 0.25) is 5.88 Å². The van der Waals surface area contributed by atoms with Gasteiger partial charge in [0.05, 0.1) is 14.2 Å². The molecule has 0 amide bonds. The molecular formula is C16H25N3O3. The summed E-state index contributed by atoms with van der Waals surface area (Å²) >= 11 is 0. The molecule has 2 atom stereocenters. The van der Waals surface area contributed by atoms with E-state index in [0.717, 1.165) is 18.7 Å². The Kier molecular flexibility index (Phi) is 5.60. The minimum atomic E-state index is -0.443. The second-order valence-electron chi connectivity index (χ2n) is 5.87. The van der Waals surface area contributed by atoms with Crippen LogP contribution >= 0.6 is 0 Å². The molecule has 0 spiro atoms. The number of esters is 1. The molecule has 6 nitrogen and oxygen atoms in total. The molecule has 0 saturated heterocycles. The molecule has 6 heteroatoms. The molecule has 0 aliphatic heterocycles. The van der Waals surface area contributed by atoms with Crippen LogP contribution in [0.1, 0.15) is 36.0 Å². The smallest absolute Gasteiger partial charge is 0.343 e. The first kappa shape index (κ1) is 16.5. The fourth-order valence-corrected chi connectivity index (χ4v) is 2.91. The minimum Gasteiger partial charge on any atom is -0.480 e. The number of methoxy groups -OCH3 is 2. The Labute approximate surface area is 131 Å². The van der Waals surface area contributed by atoms with E-state index in [4.69, 9.17) is 9.47 Å². The van der Waals surface area contributed by atoms with E-state index >= 15 is 0 Å². The second-order valence-corrected chi connectivity index (χ2v) is 5.87. The molecule has 1 aromatic heterocycles. The summed E-state index contributed by atoms with van der Waals surface area (Å²) in [5.41, 5.74) is 0.338. The lowest BCUT2D eigenvalue weighted by molar-refractivity contribution is 0.0596. The van der Waals surface area contributed by atoms with Crippen LogP contribution in [-0.4, -0.2) is 56.3 Å². The van der Waals surface area contributed by atoms with Crippen molar-refractivity contribution in [2.24, 2.45) is 0 Å². The van der Waals surface area contributed by atoms with Gasteiger partial charge in [-0.1, -0.05) is 0 Å².